The van der Waals surface area contributed by atoms with Crippen LogP contribution in [0.4, 0.5) is 4.79 Å². The fourth-order valence-corrected chi connectivity index (χ4v) is 4.12. The Morgan fingerprint density at radius 1 is 1.12 bits per heavy atom. The Morgan fingerprint density at radius 2 is 1.92 bits per heavy atom. The van der Waals surface area contributed by atoms with Crippen LogP contribution in [0.3, 0.4) is 0 Å². The van der Waals surface area contributed by atoms with Crippen LogP contribution < -0.4 is 0 Å². The molecule has 1 aromatic rings. The maximum Gasteiger partial charge on any atom is 0.410 e. The number of carboxylic acid groups (broad SMARTS) is 1. The number of amides is 1. The molecular formula is C19H25NO4. The third-order valence-electron chi connectivity index (χ3n) is 5.40. The molecule has 1 saturated carbocycles. The fraction of sp³-hybridized carbons (Fsp3) is 0.579. The summed E-state index contributed by atoms with van der Waals surface area (Å²) in [5, 5.41) is 8.96. The summed E-state index contributed by atoms with van der Waals surface area (Å²) in [6.07, 6.45) is 3.98. The van der Waals surface area contributed by atoms with Gasteiger partial charge >= 0.3 is 12.1 Å². The maximum atomic E-state index is 12.3. The molecule has 5 heteroatoms. The molecule has 0 spiro atoms. The smallest absolute Gasteiger partial charge is 0.410 e. The van der Waals surface area contributed by atoms with Crippen LogP contribution in [0.1, 0.15) is 37.7 Å². The van der Waals surface area contributed by atoms with Gasteiger partial charge in [-0.1, -0.05) is 30.3 Å². The Balaban J connectivity index is 1.47. The number of rotatable bonds is 4. The summed E-state index contributed by atoms with van der Waals surface area (Å²) in [5.74, 6) is 0.662. The van der Waals surface area contributed by atoms with Crippen LogP contribution >= 0.6 is 0 Å². The number of fused-ring (bicyclic) bond motifs is 1. The van der Waals surface area contributed by atoms with Crippen molar-refractivity contribution in [2.45, 2.75) is 38.7 Å². The number of hydrogen-bond acceptors (Lipinski definition) is 3. The fourth-order valence-electron chi connectivity index (χ4n) is 4.12. The average molecular weight is 331 g/mol. The molecule has 2 aliphatic rings. The Hall–Kier alpha value is -2.04. The SMILES string of the molecule is O=C(O)CC1CCC2CN(C(=O)OCc3ccccc3)CCC2C1. The molecule has 0 bridgehead atoms. The van der Waals surface area contributed by atoms with Gasteiger partial charge in [-0.15, -0.1) is 0 Å². The molecule has 1 aliphatic heterocycles. The van der Waals surface area contributed by atoms with E-state index in [1.165, 1.54) is 0 Å². The van der Waals surface area contributed by atoms with Gasteiger partial charge in [0.15, 0.2) is 0 Å². The zero-order valence-corrected chi connectivity index (χ0v) is 13.9. The van der Waals surface area contributed by atoms with Crippen molar-refractivity contribution < 1.29 is 19.4 Å². The highest BCUT2D eigenvalue weighted by Gasteiger charge is 2.37. The van der Waals surface area contributed by atoms with E-state index in [-0.39, 0.29) is 12.5 Å². The van der Waals surface area contributed by atoms with Gasteiger partial charge in [0.05, 0.1) is 0 Å². The van der Waals surface area contributed by atoms with Gasteiger partial charge in [-0.2, -0.15) is 0 Å². The van der Waals surface area contributed by atoms with Gasteiger partial charge in [-0.25, -0.2) is 4.79 Å². The molecule has 2 fully saturated rings. The number of aliphatic carboxylic acids is 1. The normalized spacial score (nSPS) is 26.5. The number of benzene rings is 1. The van der Waals surface area contributed by atoms with Crippen molar-refractivity contribution in [3.63, 3.8) is 0 Å². The summed E-state index contributed by atoms with van der Waals surface area (Å²) < 4.78 is 5.43. The lowest BCUT2D eigenvalue weighted by Gasteiger charge is -2.43. The lowest BCUT2D eigenvalue weighted by Crippen LogP contribution is -2.46. The molecule has 3 unspecified atom stereocenters. The summed E-state index contributed by atoms with van der Waals surface area (Å²) in [6, 6.07) is 9.71. The molecule has 24 heavy (non-hydrogen) atoms. The van der Waals surface area contributed by atoms with Gasteiger partial charge < -0.3 is 14.7 Å². The van der Waals surface area contributed by atoms with Gasteiger partial charge in [0.25, 0.3) is 0 Å². The monoisotopic (exact) mass is 331 g/mol. The number of piperidine rings is 1. The highest BCUT2D eigenvalue weighted by Crippen LogP contribution is 2.40. The van der Waals surface area contributed by atoms with Crippen molar-refractivity contribution in [1.82, 2.24) is 4.90 Å². The summed E-state index contributed by atoms with van der Waals surface area (Å²) in [6.45, 7) is 1.78. The van der Waals surface area contributed by atoms with Gasteiger partial charge in [0, 0.05) is 19.5 Å². The molecule has 1 saturated heterocycles. The summed E-state index contributed by atoms with van der Waals surface area (Å²) in [5.41, 5.74) is 0.995. The second-order valence-corrected chi connectivity index (χ2v) is 7.07. The van der Waals surface area contributed by atoms with E-state index in [1.807, 2.05) is 35.2 Å². The molecule has 1 amide bonds. The van der Waals surface area contributed by atoms with Crippen LogP contribution in [0.2, 0.25) is 0 Å². The molecular weight excluding hydrogens is 306 g/mol. The van der Waals surface area contributed by atoms with E-state index in [4.69, 9.17) is 9.84 Å². The minimum absolute atomic E-state index is 0.232. The van der Waals surface area contributed by atoms with Crippen molar-refractivity contribution in [2.75, 3.05) is 13.1 Å². The average Bonchev–Trinajstić information content (AvgIpc) is 2.59. The van der Waals surface area contributed by atoms with Crippen LogP contribution in [0, 0.1) is 17.8 Å². The predicted octanol–water partition coefficient (Wildman–Crippen LogP) is 3.54. The first-order valence-corrected chi connectivity index (χ1v) is 8.79. The number of hydrogen-bond donors (Lipinski definition) is 1. The molecule has 0 aromatic heterocycles. The Labute approximate surface area is 142 Å². The minimum Gasteiger partial charge on any atom is -0.481 e. The molecule has 0 radical (unpaired) electrons. The largest absolute Gasteiger partial charge is 0.481 e. The molecule has 3 atom stereocenters. The van der Waals surface area contributed by atoms with E-state index in [9.17, 15) is 9.59 Å². The van der Waals surface area contributed by atoms with Gasteiger partial charge in [-0.3, -0.25) is 4.79 Å². The second-order valence-electron chi connectivity index (χ2n) is 7.07. The van der Waals surface area contributed by atoms with Crippen LogP contribution in [0.15, 0.2) is 30.3 Å². The van der Waals surface area contributed by atoms with Crippen molar-refractivity contribution >= 4 is 12.1 Å². The van der Waals surface area contributed by atoms with Gasteiger partial charge in [0.2, 0.25) is 0 Å². The minimum atomic E-state index is -0.694. The number of nitrogens with zero attached hydrogens (tertiary/aromatic N) is 1. The third-order valence-corrected chi connectivity index (χ3v) is 5.40. The highest BCUT2D eigenvalue weighted by atomic mass is 16.6. The lowest BCUT2D eigenvalue weighted by molar-refractivity contribution is -0.138. The first-order chi connectivity index (χ1) is 11.6. The zero-order valence-electron chi connectivity index (χ0n) is 13.9. The summed E-state index contributed by atoms with van der Waals surface area (Å²) >= 11 is 0. The summed E-state index contributed by atoms with van der Waals surface area (Å²) in [4.78, 5) is 25.0. The zero-order chi connectivity index (χ0) is 16.9. The van der Waals surface area contributed by atoms with Crippen LogP contribution in [-0.2, 0) is 16.1 Å². The third kappa shape index (κ3) is 4.28. The van der Waals surface area contributed by atoms with E-state index < -0.39 is 5.97 Å². The molecule has 3 rings (SSSR count). The van der Waals surface area contributed by atoms with Crippen LogP contribution in [-0.4, -0.2) is 35.2 Å². The van der Waals surface area contributed by atoms with E-state index in [0.717, 1.165) is 37.8 Å². The van der Waals surface area contributed by atoms with Gasteiger partial charge in [0.1, 0.15) is 6.61 Å². The molecule has 1 N–H and O–H groups in total. The number of ether oxygens (including phenoxy) is 1. The number of carbonyl (C=O) groups is 2. The number of likely N-dealkylation sites (tertiary alicyclic amines) is 1. The molecule has 130 valence electrons. The Kier molecular flexibility index (Phi) is 5.38. The molecule has 1 aliphatic carbocycles. The first kappa shape index (κ1) is 16.8. The maximum absolute atomic E-state index is 12.3. The van der Waals surface area contributed by atoms with Crippen molar-refractivity contribution in [3.8, 4) is 0 Å². The second kappa shape index (κ2) is 7.69. The van der Waals surface area contributed by atoms with Crippen molar-refractivity contribution in [1.29, 1.82) is 0 Å². The predicted molar refractivity (Wildman–Crippen MR) is 89.4 cm³/mol. The van der Waals surface area contributed by atoms with E-state index in [1.54, 1.807) is 0 Å². The molecule has 1 heterocycles. The molecule has 1 aromatic carbocycles. The van der Waals surface area contributed by atoms with Gasteiger partial charge in [-0.05, 0) is 49.0 Å². The molecule has 5 nitrogen and oxygen atoms in total. The quantitative estimate of drug-likeness (QED) is 0.916. The van der Waals surface area contributed by atoms with Crippen molar-refractivity contribution in [2.24, 2.45) is 17.8 Å². The Morgan fingerprint density at radius 3 is 2.67 bits per heavy atom. The van der Waals surface area contributed by atoms with Crippen molar-refractivity contribution in [3.05, 3.63) is 35.9 Å². The summed E-state index contributed by atoms with van der Waals surface area (Å²) in [7, 11) is 0. The van der Waals surface area contributed by atoms with E-state index >= 15 is 0 Å². The Bertz CT molecular complexity index is 574. The number of carboxylic acids is 1. The number of carbonyl (C=O) groups excluding carboxylic acids is 1. The topological polar surface area (TPSA) is 66.8 Å². The van der Waals surface area contributed by atoms with E-state index in [2.05, 4.69) is 0 Å². The van der Waals surface area contributed by atoms with Crippen LogP contribution in [0.25, 0.3) is 0 Å². The first-order valence-electron chi connectivity index (χ1n) is 8.79. The lowest BCUT2D eigenvalue weighted by atomic mass is 9.70. The van der Waals surface area contributed by atoms with Crippen LogP contribution in [0.5, 0.6) is 0 Å². The standard InChI is InChI=1S/C19H25NO4/c21-18(22)11-15-6-7-17-12-20(9-8-16(17)10-15)19(23)24-13-14-4-2-1-3-5-14/h1-5,15-17H,6-13H2,(H,21,22). The van der Waals surface area contributed by atoms with E-state index in [0.29, 0.717) is 30.9 Å². The highest BCUT2D eigenvalue weighted by molar-refractivity contribution is 5.68.